The predicted molar refractivity (Wildman–Crippen MR) is 68.0 cm³/mol. The van der Waals surface area contributed by atoms with Crippen LogP contribution in [0.4, 0.5) is 4.79 Å². The molecule has 0 aliphatic heterocycles. The van der Waals surface area contributed by atoms with Gasteiger partial charge in [-0.25, -0.2) is 9.59 Å². The summed E-state index contributed by atoms with van der Waals surface area (Å²) >= 11 is 3.29. The molecule has 1 aromatic carbocycles. The first-order valence-electron chi connectivity index (χ1n) is 5.15. The Morgan fingerprint density at radius 3 is 2.39 bits per heavy atom. The molecule has 4 N–H and O–H groups in total. The van der Waals surface area contributed by atoms with E-state index in [9.17, 15) is 9.59 Å². The highest BCUT2D eigenvalue weighted by Crippen LogP contribution is 2.10. The number of aliphatic carboxylic acids is 1. The number of amides is 2. The molecular weight excluding hydrogens is 304 g/mol. The quantitative estimate of drug-likeness (QED) is 0.642. The lowest BCUT2D eigenvalue weighted by Gasteiger charge is -2.12. The number of carbonyl (C=O) groups excluding carboxylic acids is 1. The molecule has 0 aromatic heterocycles. The summed E-state index contributed by atoms with van der Waals surface area (Å²) in [5.41, 5.74) is 0.879. The SMILES string of the molecule is O=C(NCc1ccc(Br)cc1)N[C@@H](CO)C(=O)O. The van der Waals surface area contributed by atoms with E-state index in [2.05, 4.69) is 26.6 Å². The minimum Gasteiger partial charge on any atom is -0.480 e. The number of carboxylic acids is 1. The van der Waals surface area contributed by atoms with Crippen LogP contribution in [-0.2, 0) is 11.3 Å². The fourth-order valence-electron chi connectivity index (χ4n) is 1.18. The first-order valence-corrected chi connectivity index (χ1v) is 5.94. The van der Waals surface area contributed by atoms with Gasteiger partial charge in [-0.1, -0.05) is 28.1 Å². The third-order valence-electron chi connectivity index (χ3n) is 2.15. The Balaban J connectivity index is 2.41. The molecule has 0 spiro atoms. The fourth-order valence-corrected chi connectivity index (χ4v) is 1.44. The van der Waals surface area contributed by atoms with Crippen molar-refractivity contribution in [2.75, 3.05) is 6.61 Å². The minimum atomic E-state index is -1.30. The second-order valence-corrected chi connectivity index (χ2v) is 4.44. The summed E-state index contributed by atoms with van der Waals surface area (Å²) in [6.45, 7) is -0.377. The van der Waals surface area contributed by atoms with Gasteiger partial charge in [0, 0.05) is 11.0 Å². The summed E-state index contributed by atoms with van der Waals surface area (Å²) in [7, 11) is 0. The summed E-state index contributed by atoms with van der Waals surface area (Å²) in [6.07, 6.45) is 0. The number of rotatable bonds is 5. The van der Waals surface area contributed by atoms with Crippen LogP contribution in [0.15, 0.2) is 28.7 Å². The standard InChI is InChI=1S/C11H13BrN2O4/c12-8-3-1-7(2-4-8)5-13-11(18)14-9(6-15)10(16)17/h1-4,9,15H,5-6H2,(H,16,17)(H2,13,14,18)/t9-/m0/s1. The molecule has 0 unspecified atom stereocenters. The molecule has 6 nitrogen and oxygen atoms in total. The van der Waals surface area contributed by atoms with Crippen molar-refractivity contribution in [1.29, 1.82) is 0 Å². The monoisotopic (exact) mass is 316 g/mol. The number of benzene rings is 1. The van der Waals surface area contributed by atoms with Gasteiger partial charge in [0.05, 0.1) is 6.61 Å². The number of nitrogens with one attached hydrogen (secondary N) is 2. The Morgan fingerprint density at radius 2 is 1.89 bits per heavy atom. The van der Waals surface area contributed by atoms with E-state index in [1.165, 1.54) is 0 Å². The van der Waals surface area contributed by atoms with Gasteiger partial charge in [0.15, 0.2) is 6.04 Å². The lowest BCUT2D eigenvalue weighted by Crippen LogP contribution is -2.47. The second kappa shape index (κ2) is 6.97. The number of carboxylic acid groups (broad SMARTS) is 1. The van der Waals surface area contributed by atoms with E-state index in [0.717, 1.165) is 10.0 Å². The minimum absolute atomic E-state index is 0.275. The average Bonchev–Trinajstić information content (AvgIpc) is 2.35. The van der Waals surface area contributed by atoms with Crippen molar-refractivity contribution in [3.63, 3.8) is 0 Å². The summed E-state index contributed by atoms with van der Waals surface area (Å²) in [5, 5.41) is 22.0. The summed E-state index contributed by atoms with van der Waals surface area (Å²) in [4.78, 5) is 21.9. The van der Waals surface area contributed by atoms with E-state index < -0.39 is 24.6 Å². The zero-order valence-corrected chi connectivity index (χ0v) is 11.0. The number of halogens is 1. The summed E-state index contributed by atoms with van der Waals surface area (Å²) in [6, 6.07) is 5.39. The molecule has 1 rings (SSSR count). The number of aliphatic hydroxyl groups excluding tert-OH is 1. The molecule has 0 saturated heterocycles. The number of hydrogen-bond donors (Lipinski definition) is 4. The van der Waals surface area contributed by atoms with Gasteiger partial charge in [0.25, 0.3) is 0 Å². The van der Waals surface area contributed by atoms with Gasteiger partial charge < -0.3 is 20.8 Å². The lowest BCUT2D eigenvalue weighted by atomic mass is 10.2. The first kappa shape index (κ1) is 14.5. The van der Waals surface area contributed by atoms with Crippen molar-refractivity contribution in [2.45, 2.75) is 12.6 Å². The molecule has 7 heteroatoms. The predicted octanol–water partition coefficient (Wildman–Crippen LogP) is 0.694. The van der Waals surface area contributed by atoms with Crippen LogP contribution in [0.3, 0.4) is 0 Å². The van der Waals surface area contributed by atoms with Crippen LogP contribution in [0, 0.1) is 0 Å². The van der Waals surface area contributed by atoms with Crippen LogP contribution >= 0.6 is 15.9 Å². The number of carbonyl (C=O) groups is 2. The number of aliphatic hydroxyl groups is 1. The maximum Gasteiger partial charge on any atom is 0.328 e. The normalized spacial score (nSPS) is 11.7. The van der Waals surface area contributed by atoms with Gasteiger partial charge in [-0.05, 0) is 17.7 Å². The van der Waals surface area contributed by atoms with Crippen LogP contribution in [0.2, 0.25) is 0 Å². The molecule has 0 saturated carbocycles. The molecule has 2 amide bonds. The van der Waals surface area contributed by atoms with E-state index in [-0.39, 0.29) is 6.54 Å². The van der Waals surface area contributed by atoms with Crippen molar-refractivity contribution in [3.05, 3.63) is 34.3 Å². The second-order valence-electron chi connectivity index (χ2n) is 3.53. The van der Waals surface area contributed by atoms with Crippen LogP contribution in [0.5, 0.6) is 0 Å². The smallest absolute Gasteiger partial charge is 0.328 e. The number of urea groups is 1. The average molecular weight is 317 g/mol. The van der Waals surface area contributed by atoms with Crippen molar-refractivity contribution in [2.24, 2.45) is 0 Å². The Hall–Kier alpha value is -1.60. The Labute approximate surface area is 112 Å². The van der Waals surface area contributed by atoms with E-state index in [1.54, 1.807) is 0 Å². The zero-order valence-electron chi connectivity index (χ0n) is 9.39. The van der Waals surface area contributed by atoms with E-state index in [0.29, 0.717) is 0 Å². The van der Waals surface area contributed by atoms with Crippen molar-refractivity contribution in [3.8, 4) is 0 Å². The molecule has 0 radical (unpaired) electrons. The molecule has 0 fully saturated rings. The summed E-state index contributed by atoms with van der Waals surface area (Å²) < 4.78 is 0.932. The summed E-state index contributed by atoms with van der Waals surface area (Å²) in [5.74, 6) is -1.28. The zero-order chi connectivity index (χ0) is 13.5. The maximum absolute atomic E-state index is 11.4. The van der Waals surface area contributed by atoms with E-state index in [1.807, 2.05) is 24.3 Å². The van der Waals surface area contributed by atoms with Crippen molar-refractivity contribution < 1.29 is 19.8 Å². The maximum atomic E-state index is 11.4. The highest BCUT2D eigenvalue weighted by molar-refractivity contribution is 9.10. The molecular formula is C11H13BrN2O4. The molecule has 0 bridgehead atoms. The van der Waals surface area contributed by atoms with Crippen LogP contribution in [0.1, 0.15) is 5.56 Å². The van der Waals surface area contributed by atoms with Crippen molar-refractivity contribution >= 4 is 27.9 Å². The van der Waals surface area contributed by atoms with Gasteiger partial charge in [-0.3, -0.25) is 0 Å². The molecule has 1 aromatic rings. The van der Waals surface area contributed by atoms with Gasteiger partial charge in [-0.15, -0.1) is 0 Å². The Morgan fingerprint density at radius 1 is 1.28 bits per heavy atom. The Bertz CT molecular complexity index is 422. The highest BCUT2D eigenvalue weighted by Gasteiger charge is 2.18. The third-order valence-corrected chi connectivity index (χ3v) is 2.68. The largest absolute Gasteiger partial charge is 0.480 e. The molecule has 1 atom stereocenters. The van der Waals surface area contributed by atoms with Gasteiger partial charge >= 0.3 is 12.0 Å². The van der Waals surface area contributed by atoms with Crippen LogP contribution in [-0.4, -0.2) is 34.9 Å². The highest BCUT2D eigenvalue weighted by atomic mass is 79.9. The number of hydrogen-bond acceptors (Lipinski definition) is 3. The van der Waals surface area contributed by atoms with Crippen LogP contribution < -0.4 is 10.6 Å². The molecule has 98 valence electrons. The van der Waals surface area contributed by atoms with E-state index >= 15 is 0 Å². The van der Waals surface area contributed by atoms with Crippen molar-refractivity contribution in [1.82, 2.24) is 10.6 Å². The van der Waals surface area contributed by atoms with Crippen LogP contribution in [0.25, 0.3) is 0 Å². The molecule has 0 aliphatic carbocycles. The van der Waals surface area contributed by atoms with Gasteiger partial charge in [0.1, 0.15) is 0 Å². The fraction of sp³-hybridized carbons (Fsp3) is 0.273. The first-order chi connectivity index (χ1) is 8.52. The lowest BCUT2D eigenvalue weighted by molar-refractivity contribution is -0.140. The van der Waals surface area contributed by atoms with Gasteiger partial charge in [0.2, 0.25) is 0 Å². The topological polar surface area (TPSA) is 98.7 Å². The van der Waals surface area contributed by atoms with E-state index in [4.69, 9.17) is 10.2 Å². The van der Waals surface area contributed by atoms with Gasteiger partial charge in [-0.2, -0.15) is 0 Å². The molecule has 0 aliphatic rings. The molecule has 0 heterocycles. The Kier molecular flexibility index (Phi) is 5.60. The molecule has 18 heavy (non-hydrogen) atoms. The third kappa shape index (κ3) is 4.72.